The van der Waals surface area contributed by atoms with Crippen LogP contribution in [0.5, 0.6) is 0 Å². The van der Waals surface area contributed by atoms with Crippen LogP contribution in [-0.4, -0.2) is 13.1 Å². The van der Waals surface area contributed by atoms with Crippen LogP contribution in [0.4, 0.5) is 0 Å². The topological polar surface area (TPSA) is 52.0 Å². The van der Waals surface area contributed by atoms with Crippen LogP contribution in [0.25, 0.3) is 0 Å². The molecule has 2 unspecified atom stereocenters. The van der Waals surface area contributed by atoms with Gasteiger partial charge in [0.15, 0.2) is 0 Å². The van der Waals surface area contributed by atoms with Crippen molar-refractivity contribution in [3.8, 4) is 0 Å². The summed E-state index contributed by atoms with van der Waals surface area (Å²) in [6.45, 7) is 1.72. The molecule has 0 radical (unpaired) electrons. The molecule has 1 aliphatic carbocycles. The minimum atomic E-state index is 0.749. The fraction of sp³-hybridized carbons (Fsp3) is 1.00. The van der Waals surface area contributed by atoms with Crippen molar-refractivity contribution >= 4 is 0 Å². The molecular weight excluding hydrogens is 148 g/mol. The standard InChI is InChI=1S/C10H22N2/c11-7-9-4-2-1-3-5-10(6-9)8-12/h9-10H,1-8,11-12H2. The second-order valence-corrected chi connectivity index (χ2v) is 4.08. The third kappa shape index (κ3) is 3.11. The Balaban J connectivity index is 2.33. The van der Waals surface area contributed by atoms with Crippen LogP contribution in [0.2, 0.25) is 0 Å². The van der Waals surface area contributed by atoms with Gasteiger partial charge in [-0.1, -0.05) is 19.3 Å². The van der Waals surface area contributed by atoms with Gasteiger partial charge in [-0.15, -0.1) is 0 Å². The van der Waals surface area contributed by atoms with E-state index >= 15 is 0 Å². The summed E-state index contributed by atoms with van der Waals surface area (Å²) >= 11 is 0. The van der Waals surface area contributed by atoms with Crippen molar-refractivity contribution in [1.82, 2.24) is 0 Å². The van der Waals surface area contributed by atoms with Crippen LogP contribution >= 0.6 is 0 Å². The second kappa shape index (κ2) is 5.55. The van der Waals surface area contributed by atoms with Crippen molar-refractivity contribution in [2.75, 3.05) is 13.1 Å². The summed E-state index contributed by atoms with van der Waals surface area (Å²) in [7, 11) is 0. The van der Waals surface area contributed by atoms with Crippen LogP contribution in [0, 0.1) is 11.8 Å². The lowest BCUT2D eigenvalue weighted by molar-refractivity contribution is 0.306. The van der Waals surface area contributed by atoms with E-state index in [0.29, 0.717) is 0 Å². The summed E-state index contributed by atoms with van der Waals surface area (Å²) < 4.78 is 0. The summed E-state index contributed by atoms with van der Waals surface area (Å²) in [5.41, 5.74) is 11.4. The van der Waals surface area contributed by atoms with E-state index in [0.717, 1.165) is 24.9 Å². The molecule has 0 aromatic carbocycles. The molecule has 4 N–H and O–H groups in total. The molecular formula is C10H22N2. The molecule has 2 heteroatoms. The van der Waals surface area contributed by atoms with Crippen molar-refractivity contribution in [1.29, 1.82) is 0 Å². The molecule has 0 heterocycles. The highest BCUT2D eigenvalue weighted by Gasteiger charge is 2.16. The summed E-state index contributed by atoms with van der Waals surface area (Å²) in [5.74, 6) is 1.50. The summed E-state index contributed by atoms with van der Waals surface area (Å²) in [6, 6.07) is 0. The highest BCUT2D eigenvalue weighted by atomic mass is 14.6. The van der Waals surface area contributed by atoms with Gasteiger partial charge >= 0.3 is 0 Å². The molecule has 1 fully saturated rings. The van der Waals surface area contributed by atoms with Gasteiger partial charge in [-0.25, -0.2) is 0 Å². The Labute approximate surface area is 75.7 Å². The molecule has 1 rings (SSSR count). The fourth-order valence-electron chi connectivity index (χ4n) is 2.18. The first-order valence-corrected chi connectivity index (χ1v) is 5.27. The van der Waals surface area contributed by atoms with Crippen LogP contribution in [0.15, 0.2) is 0 Å². The van der Waals surface area contributed by atoms with Gasteiger partial charge in [0, 0.05) is 0 Å². The maximum Gasteiger partial charge on any atom is -0.00488 e. The zero-order valence-corrected chi connectivity index (χ0v) is 7.97. The van der Waals surface area contributed by atoms with E-state index < -0.39 is 0 Å². The molecule has 0 saturated heterocycles. The first-order valence-electron chi connectivity index (χ1n) is 5.27. The SMILES string of the molecule is NCC1CCCCCC(CN)C1. The zero-order chi connectivity index (χ0) is 8.81. The minimum Gasteiger partial charge on any atom is -0.330 e. The summed E-state index contributed by atoms with van der Waals surface area (Å²) in [5, 5.41) is 0. The Bertz CT molecular complexity index is 102. The monoisotopic (exact) mass is 170 g/mol. The molecule has 0 aliphatic heterocycles. The highest BCUT2D eigenvalue weighted by molar-refractivity contribution is 4.71. The third-order valence-corrected chi connectivity index (χ3v) is 3.06. The molecule has 0 bridgehead atoms. The van der Waals surface area contributed by atoms with Crippen molar-refractivity contribution in [3.63, 3.8) is 0 Å². The third-order valence-electron chi connectivity index (χ3n) is 3.06. The molecule has 2 atom stereocenters. The molecule has 0 amide bonds. The van der Waals surface area contributed by atoms with Crippen molar-refractivity contribution in [2.45, 2.75) is 38.5 Å². The zero-order valence-electron chi connectivity index (χ0n) is 7.97. The van der Waals surface area contributed by atoms with Gasteiger partial charge < -0.3 is 11.5 Å². The number of hydrogen-bond donors (Lipinski definition) is 2. The molecule has 72 valence electrons. The Kier molecular flexibility index (Phi) is 4.62. The van der Waals surface area contributed by atoms with Gasteiger partial charge in [-0.3, -0.25) is 0 Å². The summed E-state index contributed by atoms with van der Waals surface area (Å²) in [4.78, 5) is 0. The molecule has 1 saturated carbocycles. The molecule has 12 heavy (non-hydrogen) atoms. The lowest BCUT2D eigenvalue weighted by atomic mass is 9.84. The van der Waals surface area contributed by atoms with Gasteiger partial charge in [-0.2, -0.15) is 0 Å². The Morgan fingerprint density at radius 1 is 0.833 bits per heavy atom. The van der Waals surface area contributed by atoms with E-state index in [1.807, 2.05) is 0 Å². The first-order chi connectivity index (χ1) is 5.86. The number of hydrogen-bond acceptors (Lipinski definition) is 2. The van der Waals surface area contributed by atoms with E-state index in [-0.39, 0.29) is 0 Å². The van der Waals surface area contributed by atoms with Gasteiger partial charge in [0.2, 0.25) is 0 Å². The molecule has 0 aromatic heterocycles. The Morgan fingerprint density at radius 3 is 1.75 bits per heavy atom. The van der Waals surface area contributed by atoms with E-state index in [1.165, 1.54) is 38.5 Å². The van der Waals surface area contributed by atoms with E-state index in [4.69, 9.17) is 11.5 Å². The maximum absolute atomic E-state index is 5.70. The number of rotatable bonds is 2. The Morgan fingerprint density at radius 2 is 1.33 bits per heavy atom. The average molecular weight is 170 g/mol. The van der Waals surface area contributed by atoms with Crippen LogP contribution in [0.3, 0.4) is 0 Å². The average Bonchev–Trinajstić information content (AvgIpc) is 2.05. The van der Waals surface area contributed by atoms with Crippen LogP contribution in [0.1, 0.15) is 38.5 Å². The van der Waals surface area contributed by atoms with Crippen LogP contribution < -0.4 is 11.5 Å². The van der Waals surface area contributed by atoms with Crippen molar-refractivity contribution < 1.29 is 0 Å². The normalized spacial score (nSPS) is 32.5. The fourth-order valence-corrected chi connectivity index (χ4v) is 2.18. The lowest BCUT2D eigenvalue weighted by Gasteiger charge is -2.24. The van der Waals surface area contributed by atoms with Crippen molar-refractivity contribution in [3.05, 3.63) is 0 Å². The van der Waals surface area contributed by atoms with Gasteiger partial charge in [0.25, 0.3) is 0 Å². The predicted molar refractivity (Wildman–Crippen MR) is 52.8 cm³/mol. The van der Waals surface area contributed by atoms with E-state index in [9.17, 15) is 0 Å². The van der Waals surface area contributed by atoms with Crippen molar-refractivity contribution in [2.24, 2.45) is 23.3 Å². The Hall–Kier alpha value is -0.0800. The largest absolute Gasteiger partial charge is 0.330 e. The van der Waals surface area contributed by atoms with Gasteiger partial charge in [0.05, 0.1) is 0 Å². The maximum atomic E-state index is 5.70. The highest BCUT2D eigenvalue weighted by Crippen LogP contribution is 2.25. The van der Waals surface area contributed by atoms with Crippen LogP contribution in [-0.2, 0) is 0 Å². The quantitative estimate of drug-likeness (QED) is 0.659. The lowest BCUT2D eigenvalue weighted by Crippen LogP contribution is -2.24. The van der Waals surface area contributed by atoms with Gasteiger partial charge in [0.1, 0.15) is 0 Å². The second-order valence-electron chi connectivity index (χ2n) is 4.08. The number of nitrogens with two attached hydrogens (primary N) is 2. The van der Waals surface area contributed by atoms with E-state index in [1.54, 1.807) is 0 Å². The first kappa shape index (κ1) is 10.0. The molecule has 2 nitrogen and oxygen atoms in total. The molecule has 0 spiro atoms. The summed E-state index contributed by atoms with van der Waals surface area (Å²) in [6.07, 6.45) is 8.05. The predicted octanol–water partition coefficient (Wildman–Crippen LogP) is 1.49. The minimum absolute atomic E-state index is 0.749. The molecule has 1 aliphatic rings. The van der Waals surface area contributed by atoms with Gasteiger partial charge in [-0.05, 0) is 44.2 Å². The smallest absolute Gasteiger partial charge is 0.00488 e. The van der Waals surface area contributed by atoms with E-state index in [2.05, 4.69) is 0 Å². The molecule has 0 aromatic rings.